The van der Waals surface area contributed by atoms with Crippen molar-refractivity contribution in [2.45, 2.75) is 61.9 Å². The third-order valence-electron chi connectivity index (χ3n) is 6.00. The lowest BCUT2D eigenvalue weighted by Crippen LogP contribution is -2.61. The van der Waals surface area contributed by atoms with Crippen molar-refractivity contribution in [3.8, 4) is 11.5 Å². The maximum absolute atomic E-state index is 14.2. The summed E-state index contributed by atoms with van der Waals surface area (Å²) in [5.74, 6) is -24.2. The Bertz CT molecular complexity index is 1270. The second-order valence-electron chi connectivity index (χ2n) is 9.48. The van der Waals surface area contributed by atoms with E-state index in [0.29, 0.717) is 6.07 Å². The number of halogens is 16. The van der Waals surface area contributed by atoms with Crippen LogP contribution in [0.1, 0.15) is 29.6 Å². The third kappa shape index (κ3) is 9.19. The average molecular weight is 706 g/mol. The number of imide groups is 1. The Morgan fingerprint density at radius 3 is 1.76 bits per heavy atom. The van der Waals surface area contributed by atoms with Crippen LogP contribution in [0.3, 0.4) is 0 Å². The monoisotopic (exact) mass is 706 g/mol. The van der Waals surface area contributed by atoms with Gasteiger partial charge in [-0.1, -0.05) is 0 Å². The number of carbonyl (C=O) groups excluding carboxylic acids is 3. The van der Waals surface area contributed by atoms with Gasteiger partial charge in [-0.05, 0) is 37.5 Å². The van der Waals surface area contributed by atoms with Crippen LogP contribution in [0.2, 0.25) is 0 Å². The van der Waals surface area contributed by atoms with Crippen molar-refractivity contribution in [3.63, 3.8) is 0 Å². The Morgan fingerprint density at radius 2 is 1.26 bits per heavy atom. The number of nitrogens with zero attached hydrogens (tertiary/aromatic N) is 2. The molecule has 1 atom stereocenters. The summed E-state index contributed by atoms with van der Waals surface area (Å²) in [4.78, 5) is 36.5. The van der Waals surface area contributed by atoms with Crippen LogP contribution in [0, 0.1) is 0 Å². The van der Waals surface area contributed by atoms with Gasteiger partial charge in [0, 0.05) is 13.1 Å². The largest absolute Gasteiger partial charge is 0.484 e. The second kappa shape index (κ2) is 13.2. The molecule has 0 radical (unpaired) electrons. The molecule has 46 heavy (non-hydrogen) atoms. The van der Waals surface area contributed by atoms with E-state index in [0.717, 1.165) is 0 Å². The first-order valence-corrected chi connectivity index (χ1v) is 12.2. The fraction of sp³-hybridized carbons (Fsp3) is 0.609. The third-order valence-corrected chi connectivity index (χ3v) is 6.00. The van der Waals surface area contributed by atoms with E-state index in [2.05, 4.69) is 9.47 Å². The highest BCUT2D eigenvalue weighted by molar-refractivity contribution is 6.08. The molecule has 1 aliphatic rings. The molecule has 1 aliphatic heterocycles. The molecule has 0 aliphatic carbocycles. The number of hydrogen-bond acceptors (Lipinski definition) is 5. The van der Waals surface area contributed by atoms with Gasteiger partial charge < -0.3 is 14.4 Å². The van der Waals surface area contributed by atoms with Crippen LogP contribution < -0.4 is 9.47 Å². The Balaban J connectivity index is 2.70. The lowest BCUT2D eigenvalue weighted by atomic mass is 9.99. The molecule has 1 aromatic rings. The van der Waals surface area contributed by atoms with Crippen molar-refractivity contribution >= 4 is 17.7 Å². The molecule has 1 saturated heterocycles. The smallest absolute Gasteiger partial charge is 0.463 e. The van der Waals surface area contributed by atoms with E-state index in [1.54, 1.807) is 0 Å². The molecule has 1 heterocycles. The van der Waals surface area contributed by atoms with Gasteiger partial charge in [0.15, 0.2) is 13.2 Å². The molecule has 1 aromatic carbocycles. The molecule has 262 valence electrons. The Labute approximate surface area is 246 Å². The molecule has 7 nitrogen and oxygen atoms in total. The SMILES string of the molecule is O=C(c1cc(OCC(F)(F)F)ccc1OCC(F)(F)F)N(CC1CCCCN1C(=O)C(F)(F)C(F)(F)F)C(=O)C(F)(F)C(F)(F)F. The predicted octanol–water partition coefficient (Wildman–Crippen LogP) is 6.31. The van der Waals surface area contributed by atoms with Gasteiger partial charge in [-0.3, -0.25) is 19.3 Å². The minimum Gasteiger partial charge on any atom is -0.484 e. The maximum Gasteiger partial charge on any atom is 0.463 e. The number of hydrogen-bond donors (Lipinski definition) is 0. The summed E-state index contributed by atoms with van der Waals surface area (Å²) in [5.41, 5.74) is -1.61. The number of amides is 3. The predicted molar refractivity (Wildman–Crippen MR) is 117 cm³/mol. The molecule has 0 N–H and O–H groups in total. The zero-order chi connectivity index (χ0) is 35.7. The topological polar surface area (TPSA) is 76.2 Å². The van der Waals surface area contributed by atoms with Crippen LogP contribution in [0.15, 0.2) is 18.2 Å². The fourth-order valence-corrected chi connectivity index (χ4v) is 3.88. The van der Waals surface area contributed by atoms with Crippen LogP contribution in [0.5, 0.6) is 11.5 Å². The van der Waals surface area contributed by atoms with E-state index >= 15 is 0 Å². The van der Waals surface area contributed by atoms with Crippen molar-refractivity contribution in [3.05, 3.63) is 23.8 Å². The minimum absolute atomic E-state index is 0.0490. The fourth-order valence-electron chi connectivity index (χ4n) is 3.88. The van der Waals surface area contributed by atoms with Gasteiger partial charge in [0.2, 0.25) is 0 Å². The number of alkyl halides is 16. The van der Waals surface area contributed by atoms with E-state index in [4.69, 9.17) is 0 Å². The molecule has 23 heteroatoms. The zero-order valence-corrected chi connectivity index (χ0v) is 22.2. The number of carbonyl (C=O) groups is 3. The summed E-state index contributed by atoms with van der Waals surface area (Å²) in [7, 11) is 0. The summed E-state index contributed by atoms with van der Waals surface area (Å²) < 4.78 is 219. The summed E-state index contributed by atoms with van der Waals surface area (Å²) in [6, 6.07) is -1.54. The first-order valence-electron chi connectivity index (χ1n) is 12.2. The highest BCUT2D eigenvalue weighted by Gasteiger charge is 2.67. The van der Waals surface area contributed by atoms with Gasteiger partial charge in [0.1, 0.15) is 11.5 Å². The highest BCUT2D eigenvalue weighted by atomic mass is 19.4. The van der Waals surface area contributed by atoms with Gasteiger partial charge in [-0.25, -0.2) is 0 Å². The molecule has 0 spiro atoms. The standard InChI is InChI=1S/C23H18F16N2O5/c24-18(25,26)9-45-12-4-5-14(46-10-19(27,28)29)13(7-12)15(42)41(17(44)21(32,33)23(37,38)39)8-11-3-1-2-6-40(11)16(43)20(30,31)22(34,35)36/h4-5,7,11H,1-3,6,8-10H2. The highest BCUT2D eigenvalue weighted by Crippen LogP contribution is 2.40. The lowest BCUT2D eigenvalue weighted by Gasteiger charge is -2.40. The first-order chi connectivity index (χ1) is 20.6. The van der Waals surface area contributed by atoms with Crippen molar-refractivity contribution < 1.29 is 94.1 Å². The molecular weight excluding hydrogens is 688 g/mol. The molecule has 3 amide bonds. The van der Waals surface area contributed by atoms with Crippen LogP contribution in [-0.2, 0) is 9.59 Å². The normalized spacial score (nSPS) is 17.0. The van der Waals surface area contributed by atoms with E-state index < -0.39 is 115 Å². The molecule has 0 saturated carbocycles. The van der Waals surface area contributed by atoms with Crippen molar-refractivity contribution in [2.24, 2.45) is 0 Å². The van der Waals surface area contributed by atoms with Crippen LogP contribution in [-0.4, -0.2) is 96.4 Å². The van der Waals surface area contributed by atoms with Gasteiger partial charge in [-0.2, -0.15) is 70.2 Å². The number of rotatable bonds is 9. The van der Waals surface area contributed by atoms with Gasteiger partial charge in [0.25, 0.3) is 5.91 Å². The first kappa shape index (κ1) is 38.5. The molecular formula is C23H18F16N2O5. The quantitative estimate of drug-likeness (QED) is 0.282. The Hall–Kier alpha value is -3.69. The minimum atomic E-state index is -6.80. The number of likely N-dealkylation sites (tertiary alicyclic amines) is 1. The van der Waals surface area contributed by atoms with Gasteiger partial charge in [-0.15, -0.1) is 0 Å². The van der Waals surface area contributed by atoms with E-state index in [-0.39, 0.29) is 29.9 Å². The number of benzene rings is 1. The van der Waals surface area contributed by atoms with E-state index in [9.17, 15) is 84.6 Å². The van der Waals surface area contributed by atoms with Gasteiger partial charge >= 0.3 is 48.4 Å². The lowest BCUT2D eigenvalue weighted by molar-refractivity contribution is -0.276. The zero-order valence-electron chi connectivity index (χ0n) is 22.2. The molecule has 1 unspecified atom stereocenters. The second-order valence-corrected chi connectivity index (χ2v) is 9.48. The van der Waals surface area contributed by atoms with Crippen molar-refractivity contribution in [1.82, 2.24) is 9.80 Å². The molecule has 0 bridgehead atoms. The Kier molecular flexibility index (Phi) is 11.0. The summed E-state index contributed by atoms with van der Waals surface area (Å²) in [5, 5.41) is 0. The van der Waals surface area contributed by atoms with Crippen molar-refractivity contribution in [2.75, 3.05) is 26.3 Å². The molecule has 2 rings (SSSR count). The van der Waals surface area contributed by atoms with E-state index in [1.807, 2.05) is 0 Å². The van der Waals surface area contributed by atoms with Gasteiger partial charge in [0.05, 0.1) is 11.6 Å². The number of ether oxygens (including phenoxy) is 2. The van der Waals surface area contributed by atoms with Crippen LogP contribution in [0.25, 0.3) is 0 Å². The number of piperidine rings is 1. The average Bonchev–Trinajstić information content (AvgIpc) is 2.90. The van der Waals surface area contributed by atoms with Crippen molar-refractivity contribution in [1.29, 1.82) is 0 Å². The maximum atomic E-state index is 14.2. The molecule has 0 aromatic heterocycles. The summed E-state index contributed by atoms with van der Waals surface area (Å²) in [6.45, 7) is -7.43. The summed E-state index contributed by atoms with van der Waals surface area (Å²) >= 11 is 0. The van der Waals surface area contributed by atoms with E-state index in [1.165, 1.54) is 0 Å². The van der Waals surface area contributed by atoms with Crippen LogP contribution in [0.4, 0.5) is 70.2 Å². The van der Waals surface area contributed by atoms with Crippen LogP contribution >= 0.6 is 0 Å². The molecule has 1 fully saturated rings. The Morgan fingerprint density at radius 1 is 0.739 bits per heavy atom. The summed E-state index contributed by atoms with van der Waals surface area (Å²) in [6.07, 6.45) is -25.0.